The second-order valence-corrected chi connectivity index (χ2v) is 6.02. The van der Waals surface area contributed by atoms with E-state index < -0.39 is 0 Å². The maximum Gasteiger partial charge on any atom is 0.272 e. The summed E-state index contributed by atoms with van der Waals surface area (Å²) in [5, 5.41) is 3.09. The fourth-order valence-corrected chi connectivity index (χ4v) is 2.86. The number of hydrogen-bond donors (Lipinski definition) is 1. The molecule has 1 aliphatic heterocycles. The van der Waals surface area contributed by atoms with Crippen LogP contribution in [0.15, 0.2) is 30.3 Å². The number of halogens is 1. The Kier molecular flexibility index (Phi) is 5.03. The minimum absolute atomic E-state index is 0.0513. The lowest BCUT2D eigenvalue weighted by Gasteiger charge is -2.20. The molecule has 1 saturated heterocycles. The third-order valence-electron chi connectivity index (χ3n) is 4.07. The molecule has 1 aromatic heterocycles. The highest BCUT2D eigenvalue weighted by Gasteiger charge is 2.19. The Morgan fingerprint density at radius 1 is 1.08 bits per heavy atom. The Morgan fingerprint density at radius 2 is 1.75 bits per heavy atom. The van der Waals surface area contributed by atoms with Crippen molar-refractivity contribution >= 4 is 17.4 Å². The second kappa shape index (κ2) is 7.38. The zero-order valence-electron chi connectivity index (χ0n) is 13.8. The first-order chi connectivity index (χ1) is 11.6. The van der Waals surface area contributed by atoms with E-state index in [9.17, 15) is 9.18 Å². The summed E-state index contributed by atoms with van der Waals surface area (Å²) >= 11 is 0. The van der Waals surface area contributed by atoms with Crippen LogP contribution in [0.2, 0.25) is 0 Å². The molecule has 126 valence electrons. The van der Waals surface area contributed by atoms with Crippen molar-refractivity contribution in [3.8, 4) is 0 Å². The third-order valence-corrected chi connectivity index (χ3v) is 4.07. The summed E-state index contributed by atoms with van der Waals surface area (Å²) in [6.45, 7) is 3.32. The first-order valence-corrected chi connectivity index (χ1v) is 8.29. The molecule has 0 spiro atoms. The highest BCUT2D eigenvalue weighted by molar-refractivity contribution is 5.93. The molecule has 2 heterocycles. The van der Waals surface area contributed by atoms with Gasteiger partial charge in [-0.15, -0.1) is 0 Å². The van der Waals surface area contributed by atoms with Crippen LogP contribution in [-0.2, 0) is 0 Å². The Labute approximate surface area is 140 Å². The molecule has 1 amide bonds. The summed E-state index contributed by atoms with van der Waals surface area (Å²) in [7, 11) is 0. The first kappa shape index (κ1) is 16.4. The minimum Gasteiger partial charge on any atom is -0.340 e. The standard InChI is InChI=1S/C18H21FN4O/c1-13-20-16(18(24)23-10-4-2-3-5-11-23)12-17(21-13)22-15-8-6-14(19)7-9-15/h6-9,12H,2-5,10-11H2,1H3,(H,20,21,22). The van der Waals surface area contributed by atoms with E-state index in [-0.39, 0.29) is 11.7 Å². The number of anilines is 2. The summed E-state index contributed by atoms with van der Waals surface area (Å²) in [5.41, 5.74) is 1.11. The average Bonchev–Trinajstić information content (AvgIpc) is 2.85. The summed E-state index contributed by atoms with van der Waals surface area (Å²) < 4.78 is 13.0. The van der Waals surface area contributed by atoms with Crippen molar-refractivity contribution in [2.24, 2.45) is 0 Å². The van der Waals surface area contributed by atoms with E-state index in [4.69, 9.17) is 0 Å². The lowest BCUT2D eigenvalue weighted by Crippen LogP contribution is -2.32. The van der Waals surface area contributed by atoms with Gasteiger partial charge in [0, 0.05) is 24.8 Å². The van der Waals surface area contributed by atoms with Gasteiger partial charge in [0.05, 0.1) is 0 Å². The molecule has 6 heteroatoms. The van der Waals surface area contributed by atoms with Crippen molar-refractivity contribution in [3.63, 3.8) is 0 Å². The number of likely N-dealkylation sites (tertiary alicyclic amines) is 1. The monoisotopic (exact) mass is 328 g/mol. The number of nitrogens with zero attached hydrogens (tertiary/aromatic N) is 3. The van der Waals surface area contributed by atoms with Gasteiger partial charge >= 0.3 is 0 Å². The molecular formula is C18H21FN4O. The van der Waals surface area contributed by atoms with Gasteiger partial charge in [-0.05, 0) is 44.0 Å². The number of rotatable bonds is 3. The molecule has 0 saturated carbocycles. The van der Waals surface area contributed by atoms with Crippen molar-refractivity contribution in [2.45, 2.75) is 32.6 Å². The molecule has 2 aromatic rings. The Morgan fingerprint density at radius 3 is 2.42 bits per heavy atom. The van der Waals surface area contributed by atoms with Crippen LogP contribution in [0.1, 0.15) is 42.0 Å². The maximum atomic E-state index is 13.0. The summed E-state index contributed by atoms with van der Waals surface area (Å²) in [4.78, 5) is 23.2. The highest BCUT2D eigenvalue weighted by atomic mass is 19.1. The second-order valence-electron chi connectivity index (χ2n) is 6.02. The number of aromatic nitrogens is 2. The molecule has 1 aromatic carbocycles. The Hall–Kier alpha value is -2.50. The van der Waals surface area contributed by atoms with E-state index in [0.29, 0.717) is 23.0 Å². The molecule has 0 unspecified atom stereocenters. The largest absolute Gasteiger partial charge is 0.340 e. The minimum atomic E-state index is -0.295. The summed E-state index contributed by atoms with van der Waals surface area (Å²) in [5.74, 6) is 0.716. The van der Waals surface area contributed by atoms with Crippen molar-refractivity contribution < 1.29 is 9.18 Å². The average molecular weight is 328 g/mol. The van der Waals surface area contributed by atoms with Gasteiger partial charge in [0.15, 0.2) is 0 Å². The molecular weight excluding hydrogens is 307 g/mol. The predicted octanol–water partition coefficient (Wildman–Crippen LogP) is 3.68. The van der Waals surface area contributed by atoms with Crippen LogP contribution in [0.5, 0.6) is 0 Å². The van der Waals surface area contributed by atoms with Gasteiger partial charge < -0.3 is 10.2 Å². The predicted molar refractivity (Wildman–Crippen MR) is 90.8 cm³/mol. The number of amides is 1. The topological polar surface area (TPSA) is 58.1 Å². The SMILES string of the molecule is Cc1nc(Nc2ccc(F)cc2)cc(C(=O)N2CCCCCC2)n1. The summed E-state index contributed by atoms with van der Waals surface area (Å²) in [6.07, 6.45) is 4.42. The molecule has 1 N–H and O–H groups in total. The van der Waals surface area contributed by atoms with Crippen molar-refractivity contribution in [2.75, 3.05) is 18.4 Å². The first-order valence-electron chi connectivity index (χ1n) is 8.29. The molecule has 0 bridgehead atoms. The molecule has 0 atom stereocenters. The van der Waals surface area contributed by atoms with Crippen LogP contribution < -0.4 is 5.32 Å². The molecule has 1 fully saturated rings. The normalized spacial score (nSPS) is 15.0. The van der Waals surface area contributed by atoms with Crippen LogP contribution in [0.3, 0.4) is 0 Å². The van der Waals surface area contributed by atoms with E-state index in [1.165, 1.54) is 25.0 Å². The van der Waals surface area contributed by atoms with Gasteiger partial charge in [-0.1, -0.05) is 12.8 Å². The van der Waals surface area contributed by atoms with Crippen LogP contribution in [0.25, 0.3) is 0 Å². The number of hydrogen-bond acceptors (Lipinski definition) is 4. The quantitative estimate of drug-likeness (QED) is 0.934. The highest BCUT2D eigenvalue weighted by Crippen LogP contribution is 2.18. The molecule has 3 rings (SSSR count). The third kappa shape index (κ3) is 4.07. The smallest absolute Gasteiger partial charge is 0.272 e. The van der Waals surface area contributed by atoms with E-state index in [0.717, 1.165) is 25.9 Å². The van der Waals surface area contributed by atoms with Gasteiger partial charge in [-0.25, -0.2) is 14.4 Å². The molecule has 24 heavy (non-hydrogen) atoms. The fourth-order valence-electron chi connectivity index (χ4n) is 2.86. The zero-order chi connectivity index (χ0) is 16.9. The maximum absolute atomic E-state index is 13.0. The summed E-state index contributed by atoms with van der Waals surface area (Å²) in [6, 6.07) is 7.66. The van der Waals surface area contributed by atoms with Gasteiger partial charge in [0.1, 0.15) is 23.2 Å². The molecule has 1 aliphatic rings. The number of aryl methyl sites for hydroxylation is 1. The van der Waals surface area contributed by atoms with Crippen molar-refractivity contribution in [1.82, 2.24) is 14.9 Å². The van der Waals surface area contributed by atoms with Crippen LogP contribution in [0.4, 0.5) is 15.9 Å². The number of carbonyl (C=O) groups excluding carboxylic acids is 1. The zero-order valence-corrected chi connectivity index (χ0v) is 13.8. The van der Waals surface area contributed by atoms with Gasteiger partial charge in [-0.2, -0.15) is 0 Å². The van der Waals surface area contributed by atoms with Gasteiger partial charge in [-0.3, -0.25) is 4.79 Å². The van der Waals surface area contributed by atoms with E-state index >= 15 is 0 Å². The Balaban J connectivity index is 1.80. The van der Waals surface area contributed by atoms with Crippen molar-refractivity contribution in [1.29, 1.82) is 0 Å². The van der Waals surface area contributed by atoms with E-state index in [1.54, 1.807) is 25.1 Å². The molecule has 5 nitrogen and oxygen atoms in total. The lowest BCUT2D eigenvalue weighted by molar-refractivity contribution is 0.0755. The van der Waals surface area contributed by atoms with E-state index in [2.05, 4.69) is 15.3 Å². The molecule has 0 radical (unpaired) electrons. The number of nitrogens with one attached hydrogen (secondary N) is 1. The molecule has 0 aliphatic carbocycles. The van der Waals surface area contributed by atoms with Crippen LogP contribution >= 0.6 is 0 Å². The number of benzene rings is 1. The fraction of sp³-hybridized carbons (Fsp3) is 0.389. The van der Waals surface area contributed by atoms with Crippen molar-refractivity contribution in [3.05, 3.63) is 47.7 Å². The van der Waals surface area contributed by atoms with Crippen LogP contribution in [-0.4, -0.2) is 33.9 Å². The van der Waals surface area contributed by atoms with Crippen LogP contribution in [0, 0.1) is 12.7 Å². The van der Waals surface area contributed by atoms with Gasteiger partial charge in [0.2, 0.25) is 0 Å². The number of carbonyl (C=O) groups is 1. The lowest BCUT2D eigenvalue weighted by atomic mass is 10.2. The van der Waals surface area contributed by atoms with E-state index in [1.807, 2.05) is 4.90 Å². The Bertz CT molecular complexity index is 709. The van der Waals surface area contributed by atoms with Gasteiger partial charge in [0.25, 0.3) is 5.91 Å².